The van der Waals surface area contributed by atoms with E-state index >= 15 is 0 Å². The molecule has 0 aromatic carbocycles. The zero-order valence-electron chi connectivity index (χ0n) is 9.97. The Balaban J connectivity index is 2.55. The highest BCUT2D eigenvalue weighted by atomic mass is 35.5. The highest BCUT2D eigenvalue weighted by Gasteiger charge is 2.17. The molecule has 1 rings (SSSR count). The zero-order valence-corrected chi connectivity index (χ0v) is 11.5. The SMILES string of the molecule is COC(C)(C)CNCc1c(Cl)nc(Cl)n1C. The molecule has 1 heterocycles. The lowest BCUT2D eigenvalue weighted by Crippen LogP contribution is -2.36. The van der Waals surface area contributed by atoms with E-state index in [2.05, 4.69) is 10.3 Å². The predicted octanol–water partition coefficient (Wildman–Crippen LogP) is 2.24. The summed E-state index contributed by atoms with van der Waals surface area (Å²) >= 11 is 11.8. The fourth-order valence-corrected chi connectivity index (χ4v) is 1.72. The van der Waals surface area contributed by atoms with Crippen molar-refractivity contribution in [1.82, 2.24) is 14.9 Å². The number of halogens is 2. The monoisotopic (exact) mass is 265 g/mol. The van der Waals surface area contributed by atoms with Crippen LogP contribution in [0, 0.1) is 0 Å². The number of aromatic nitrogens is 2. The summed E-state index contributed by atoms with van der Waals surface area (Å²) in [5.74, 6) is 0. The van der Waals surface area contributed by atoms with E-state index in [9.17, 15) is 0 Å². The van der Waals surface area contributed by atoms with Crippen molar-refractivity contribution in [3.8, 4) is 0 Å². The summed E-state index contributed by atoms with van der Waals surface area (Å²) in [4.78, 5) is 3.97. The molecule has 92 valence electrons. The lowest BCUT2D eigenvalue weighted by molar-refractivity contribution is 0.0230. The van der Waals surface area contributed by atoms with Crippen molar-refractivity contribution in [2.24, 2.45) is 7.05 Å². The van der Waals surface area contributed by atoms with Gasteiger partial charge in [-0.15, -0.1) is 0 Å². The lowest BCUT2D eigenvalue weighted by Gasteiger charge is -2.23. The molecule has 4 nitrogen and oxygen atoms in total. The van der Waals surface area contributed by atoms with Crippen LogP contribution in [0.1, 0.15) is 19.5 Å². The van der Waals surface area contributed by atoms with E-state index in [4.69, 9.17) is 27.9 Å². The van der Waals surface area contributed by atoms with Gasteiger partial charge in [0, 0.05) is 27.2 Å². The number of hydrogen-bond acceptors (Lipinski definition) is 3. The number of rotatable bonds is 5. The van der Waals surface area contributed by atoms with Gasteiger partial charge in [0.2, 0.25) is 5.28 Å². The van der Waals surface area contributed by atoms with Gasteiger partial charge in [0.15, 0.2) is 5.15 Å². The Kier molecular flexibility index (Phi) is 4.62. The van der Waals surface area contributed by atoms with Crippen molar-refractivity contribution >= 4 is 23.2 Å². The third-order valence-corrected chi connectivity index (χ3v) is 3.15. The summed E-state index contributed by atoms with van der Waals surface area (Å²) in [6.07, 6.45) is 0. The number of nitrogens with zero attached hydrogens (tertiary/aromatic N) is 2. The van der Waals surface area contributed by atoms with Crippen molar-refractivity contribution in [3.05, 3.63) is 16.1 Å². The molecule has 0 radical (unpaired) electrons. The van der Waals surface area contributed by atoms with Gasteiger partial charge < -0.3 is 14.6 Å². The summed E-state index contributed by atoms with van der Waals surface area (Å²) < 4.78 is 7.06. The van der Waals surface area contributed by atoms with Crippen LogP contribution in [0.25, 0.3) is 0 Å². The summed E-state index contributed by atoms with van der Waals surface area (Å²) in [7, 11) is 3.52. The Bertz CT molecular complexity index is 363. The molecule has 0 saturated carbocycles. The maximum absolute atomic E-state index is 5.95. The quantitative estimate of drug-likeness (QED) is 0.888. The van der Waals surface area contributed by atoms with Gasteiger partial charge in [-0.25, -0.2) is 4.98 Å². The van der Waals surface area contributed by atoms with Crippen molar-refractivity contribution in [1.29, 1.82) is 0 Å². The molecule has 6 heteroatoms. The summed E-state index contributed by atoms with van der Waals surface area (Å²) in [5.41, 5.74) is 0.674. The summed E-state index contributed by atoms with van der Waals surface area (Å²) in [6.45, 7) is 5.36. The van der Waals surface area contributed by atoms with Crippen LogP contribution in [0.2, 0.25) is 10.4 Å². The van der Waals surface area contributed by atoms with Crippen LogP contribution in [0.3, 0.4) is 0 Å². The fourth-order valence-electron chi connectivity index (χ4n) is 1.22. The minimum Gasteiger partial charge on any atom is -0.377 e. The van der Waals surface area contributed by atoms with Gasteiger partial charge >= 0.3 is 0 Å². The van der Waals surface area contributed by atoms with Crippen LogP contribution in [0.15, 0.2) is 0 Å². The van der Waals surface area contributed by atoms with Crippen LogP contribution in [0.4, 0.5) is 0 Å². The first kappa shape index (κ1) is 13.8. The molecule has 1 N–H and O–H groups in total. The van der Waals surface area contributed by atoms with E-state index in [1.165, 1.54) is 0 Å². The van der Waals surface area contributed by atoms with E-state index in [1.807, 2.05) is 20.9 Å². The Morgan fingerprint density at radius 3 is 2.50 bits per heavy atom. The molecule has 16 heavy (non-hydrogen) atoms. The molecule has 0 spiro atoms. The average Bonchev–Trinajstić information content (AvgIpc) is 2.44. The number of imidazole rings is 1. The van der Waals surface area contributed by atoms with E-state index in [0.717, 1.165) is 12.2 Å². The van der Waals surface area contributed by atoms with E-state index < -0.39 is 0 Å². The highest BCUT2D eigenvalue weighted by Crippen LogP contribution is 2.19. The molecule has 1 aromatic rings. The molecular weight excluding hydrogens is 249 g/mol. The van der Waals surface area contributed by atoms with E-state index in [0.29, 0.717) is 17.0 Å². The van der Waals surface area contributed by atoms with Gasteiger partial charge in [-0.3, -0.25) is 0 Å². The first-order valence-corrected chi connectivity index (χ1v) is 5.75. The number of ether oxygens (including phenoxy) is 1. The van der Waals surface area contributed by atoms with Crippen molar-refractivity contribution < 1.29 is 4.74 Å². The predicted molar refractivity (Wildman–Crippen MR) is 66.0 cm³/mol. The smallest absolute Gasteiger partial charge is 0.204 e. The molecule has 0 amide bonds. The van der Waals surface area contributed by atoms with Gasteiger partial charge in [-0.2, -0.15) is 0 Å². The first-order chi connectivity index (χ1) is 7.37. The van der Waals surface area contributed by atoms with Gasteiger partial charge in [0.05, 0.1) is 11.3 Å². The molecule has 0 aliphatic rings. The summed E-state index contributed by atoms with van der Waals surface area (Å²) in [5, 5.41) is 4.10. The van der Waals surface area contributed by atoms with Gasteiger partial charge in [0.1, 0.15) is 0 Å². The molecule has 0 atom stereocenters. The fraction of sp³-hybridized carbons (Fsp3) is 0.700. The maximum Gasteiger partial charge on any atom is 0.204 e. The average molecular weight is 266 g/mol. The van der Waals surface area contributed by atoms with Crippen molar-refractivity contribution in [3.63, 3.8) is 0 Å². The summed E-state index contributed by atoms with van der Waals surface area (Å²) in [6, 6.07) is 0. The molecule has 0 bridgehead atoms. The topological polar surface area (TPSA) is 39.1 Å². The van der Waals surface area contributed by atoms with Gasteiger partial charge in [0.25, 0.3) is 0 Å². The number of hydrogen-bond donors (Lipinski definition) is 1. The molecule has 0 unspecified atom stereocenters. The zero-order chi connectivity index (χ0) is 12.3. The van der Waals surface area contributed by atoms with Crippen LogP contribution in [0.5, 0.6) is 0 Å². The van der Waals surface area contributed by atoms with Gasteiger partial charge in [-0.05, 0) is 25.4 Å². The highest BCUT2D eigenvalue weighted by molar-refractivity contribution is 6.32. The molecule has 0 aliphatic carbocycles. The second-order valence-corrected chi connectivity index (χ2v) is 4.94. The molecule has 1 aromatic heterocycles. The third-order valence-electron chi connectivity index (χ3n) is 2.51. The first-order valence-electron chi connectivity index (χ1n) is 5.00. The van der Waals surface area contributed by atoms with Crippen LogP contribution >= 0.6 is 23.2 Å². The normalized spacial score (nSPS) is 12.1. The van der Waals surface area contributed by atoms with Gasteiger partial charge in [-0.1, -0.05) is 11.6 Å². The van der Waals surface area contributed by atoms with Crippen molar-refractivity contribution in [2.45, 2.75) is 26.0 Å². The maximum atomic E-state index is 5.95. The molecular formula is C10H17Cl2N3O. The van der Waals surface area contributed by atoms with Crippen LogP contribution in [-0.2, 0) is 18.3 Å². The standard InChI is InChI=1S/C10H17Cl2N3O/c1-10(2,16-4)6-13-5-7-8(11)14-9(12)15(7)3/h13H,5-6H2,1-4H3. The molecule has 0 aliphatic heterocycles. The molecule has 0 saturated heterocycles. The second-order valence-electron chi connectivity index (χ2n) is 4.24. The van der Waals surface area contributed by atoms with Crippen LogP contribution < -0.4 is 5.32 Å². The third kappa shape index (κ3) is 3.35. The van der Waals surface area contributed by atoms with E-state index in [1.54, 1.807) is 11.7 Å². The minimum atomic E-state index is -0.200. The van der Waals surface area contributed by atoms with E-state index in [-0.39, 0.29) is 5.60 Å². The van der Waals surface area contributed by atoms with Crippen LogP contribution in [-0.4, -0.2) is 28.8 Å². The Morgan fingerprint density at radius 1 is 1.44 bits per heavy atom. The second kappa shape index (κ2) is 5.36. The molecule has 0 fully saturated rings. The Hall–Kier alpha value is -0.290. The Labute approximate surface area is 106 Å². The largest absolute Gasteiger partial charge is 0.377 e. The Morgan fingerprint density at radius 2 is 2.06 bits per heavy atom. The van der Waals surface area contributed by atoms with Crippen molar-refractivity contribution in [2.75, 3.05) is 13.7 Å². The number of methoxy groups -OCH3 is 1. The minimum absolute atomic E-state index is 0.200. The lowest BCUT2D eigenvalue weighted by atomic mass is 10.1. The number of nitrogens with one attached hydrogen (secondary N) is 1.